The van der Waals surface area contributed by atoms with E-state index in [0.29, 0.717) is 0 Å². The summed E-state index contributed by atoms with van der Waals surface area (Å²) in [5.74, 6) is 0.856. The number of fused-ring (bicyclic) bond motifs is 6. The van der Waals surface area contributed by atoms with E-state index in [9.17, 15) is 0 Å². The maximum Gasteiger partial charge on any atom is 2.00 e. The Balaban J connectivity index is 0.00000325. The normalized spacial score (nSPS) is 12.9. The number of hydrogen-bond donors (Lipinski definition) is 0. The van der Waals surface area contributed by atoms with Gasteiger partial charge in [-0.05, 0) is 58.0 Å². The number of hydrogen-bond acceptors (Lipinski definition) is 2. The zero-order chi connectivity index (χ0) is 29.8. The van der Waals surface area contributed by atoms with E-state index < -0.39 is 0 Å². The number of nitrogens with zero attached hydrogens (tertiary/aromatic N) is 4. The van der Waals surface area contributed by atoms with Gasteiger partial charge in [0.1, 0.15) is 18.3 Å². The van der Waals surface area contributed by atoms with E-state index in [1.807, 2.05) is 24.4 Å². The van der Waals surface area contributed by atoms with E-state index in [1.165, 1.54) is 27.5 Å². The van der Waals surface area contributed by atoms with Crippen molar-refractivity contribution in [1.82, 2.24) is 14.5 Å². The van der Waals surface area contributed by atoms with Crippen molar-refractivity contribution in [2.75, 3.05) is 0 Å². The first-order valence-electron chi connectivity index (χ1n) is 15.2. The molecule has 7 heteroatoms. The Kier molecular flexibility index (Phi) is 7.60. The first kappa shape index (κ1) is 29.5. The molecule has 0 bridgehead atoms. The molecule has 0 unspecified atom stereocenters. The number of pyridine rings is 2. The molecule has 0 N–H and O–H groups in total. The van der Waals surface area contributed by atoms with Gasteiger partial charge in [-0.15, -0.1) is 0 Å². The van der Waals surface area contributed by atoms with Gasteiger partial charge in [-0.3, -0.25) is 4.57 Å². The topological polar surface area (TPSA) is 44.8 Å². The van der Waals surface area contributed by atoms with E-state index in [4.69, 9.17) is 15.1 Å². The van der Waals surface area contributed by atoms with E-state index in [1.54, 1.807) is 0 Å². The van der Waals surface area contributed by atoms with Crippen molar-refractivity contribution >= 4 is 57.6 Å². The maximum absolute atomic E-state index is 5.65. The molecule has 0 amide bonds. The van der Waals surface area contributed by atoms with Crippen molar-refractivity contribution in [3.8, 4) is 16.9 Å². The van der Waals surface area contributed by atoms with Gasteiger partial charge in [0, 0.05) is 17.0 Å². The molecule has 4 nitrogen and oxygen atoms in total. The van der Waals surface area contributed by atoms with Crippen LogP contribution in [0.1, 0.15) is 26.3 Å². The van der Waals surface area contributed by atoms with Crippen LogP contribution in [0.3, 0.4) is 0 Å². The van der Waals surface area contributed by atoms with Crippen LogP contribution < -0.4 is 22.0 Å². The second-order valence-electron chi connectivity index (χ2n) is 12.6. The Hall–Kier alpha value is -4.24. The second kappa shape index (κ2) is 11.6. The number of para-hydroxylation sites is 1. The molecule has 8 rings (SSSR count). The summed E-state index contributed by atoms with van der Waals surface area (Å²) in [4.78, 5) is 10.3. The summed E-state index contributed by atoms with van der Waals surface area (Å²) in [6.45, 7) is 6.30. The van der Waals surface area contributed by atoms with Crippen LogP contribution in [0.15, 0.2) is 128 Å². The summed E-state index contributed by atoms with van der Waals surface area (Å²) in [5.41, 5.74) is 9.80. The predicted octanol–water partition coefficient (Wildman–Crippen LogP) is 5.93. The van der Waals surface area contributed by atoms with Crippen LogP contribution in [0, 0.1) is 6.07 Å². The van der Waals surface area contributed by atoms with Crippen molar-refractivity contribution < 1.29 is 21.1 Å². The average Bonchev–Trinajstić information content (AvgIpc) is 3.31. The Morgan fingerprint density at radius 2 is 1.38 bits per heavy atom. The summed E-state index contributed by atoms with van der Waals surface area (Å²) in [7, 11) is 0. The minimum absolute atomic E-state index is 0. The van der Waals surface area contributed by atoms with E-state index >= 15 is 0 Å². The minimum Gasteiger partial charge on any atom is -0.693 e. The maximum atomic E-state index is 5.65. The molecule has 1 aliphatic rings. The third-order valence-electron chi connectivity index (χ3n) is 8.77. The summed E-state index contributed by atoms with van der Waals surface area (Å²) in [5, 5.41) is 7.93. The van der Waals surface area contributed by atoms with Gasteiger partial charge in [-0.25, -0.2) is 15.4 Å². The van der Waals surface area contributed by atoms with Crippen LogP contribution in [0.4, 0.5) is 0 Å². The number of benzene rings is 4. The molecule has 0 spiro atoms. The van der Waals surface area contributed by atoms with Crippen molar-refractivity contribution in [3.63, 3.8) is 0 Å². The Morgan fingerprint density at radius 3 is 2.11 bits per heavy atom. The first-order valence-corrected chi connectivity index (χ1v) is 15.2. The van der Waals surface area contributed by atoms with Crippen molar-refractivity contribution in [2.24, 2.45) is 0 Å². The minimum atomic E-state index is -0.292. The summed E-state index contributed by atoms with van der Waals surface area (Å²) in [6, 6.07) is 46.1. The second-order valence-corrected chi connectivity index (χ2v) is 12.6. The molecular weight excluding hydrogens is 729 g/mol. The van der Waals surface area contributed by atoms with Gasteiger partial charge in [0.2, 0.25) is 0 Å². The van der Waals surface area contributed by atoms with Crippen molar-refractivity contribution in [2.45, 2.75) is 26.2 Å². The quantitative estimate of drug-likeness (QED) is 0.166. The molecule has 4 aromatic carbocycles. The third-order valence-corrected chi connectivity index (χ3v) is 8.77. The van der Waals surface area contributed by atoms with Gasteiger partial charge in [0.05, 0.1) is 12.4 Å². The van der Waals surface area contributed by atoms with Crippen LogP contribution in [0.2, 0.25) is 0 Å². The molecule has 0 aliphatic carbocycles. The van der Waals surface area contributed by atoms with Crippen LogP contribution >= 0.6 is 0 Å². The Bertz CT molecular complexity index is 2120. The first-order chi connectivity index (χ1) is 21.5. The Morgan fingerprint density at radius 1 is 0.711 bits per heavy atom. The molecular formula is C38H30B2N4Pt. The van der Waals surface area contributed by atoms with Crippen LogP contribution in [0.25, 0.3) is 44.0 Å². The van der Waals surface area contributed by atoms with Crippen molar-refractivity contribution in [1.29, 1.82) is 0 Å². The molecule has 218 valence electrons. The Labute approximate surface area is 279 Å². The molecule has 0 atom stereocenters. The number of rotatable bonds is 3. The van der Waals surface area contributed by atoms with E-state index in [-0.39, 0.29) is 40.2 Å². The SMILES string of the molecule is CC(C)(C)c1cc(B2[N-]B(c3[c-]cccc3)c3ccccc3-c3ccccc32)nc(-n2c3ccccc3c3cccnc32)c1.[Pt+2]. The van der Waals surface area contributed by atoms with Gasteiger partial charge in [0.25, 0.3) is 0 Å². The van der Waals surface area contributed by atoms with Crippen LogP contribution in [-0.2, 0) is 26.5 Å². The largest absolute Gasteiger partial charge is 2.00 e. The van der Waals surface area contributed by atoms with E-state index in [2.05, 4.69) is 135 Å². The zero-order valence-electron chi connectivity index (χ0n) is 25.4. The van der Waals surface area contributed by atoms with Gasteiger partial charge >= 0.3 is 21.1 Å². The molecule has 0 saturated carbocycles. The van der Waals surface area contributed by atoms with Crippen LogP contribution in [-0.4, -0.2) is 28.2 Å². The van der Waals surface area contributed by atoms with Crippen molar-refractivity contribution in [3.05, 3.63) is 144 Å². The van der Waals surface area contributed by atoms with E-state index in [0.717, 1.165) is 38.9 Å². The predicted molar refractivity (Wildman–Crippen MR) is 186 cm³/mol. The molecule has 1 aliphatic heterocycles. The summed E-state index contributed by atoms with van der Waals surface area (Å²) < 4.78 is 2.21. The fourth-order valence-electron chi connectivity index (χ4n) is 6.58. The molecule has 0 saturated heterocycles. The number of aromatic nitrogens is 3. The molecule has 0 radical (unpaired) electrons. The van der Waals surface area contributed by atoms with Gasteiger partial charge in [0.15, 0.2) is 0 Å². The van der Waals surface area contributed by atoms with Crippen LogP contribution in [0.5, 0.6) is 0 Å². The van der Waals surface area contributed by atoms with Gasteiger partial charge < -0.3 is 5.14 Å². The monoisotopic (exact) mass is 759 g/mol. The molecule has 45 heavy (non-hydrogen) atoms. The van der Waals surface area contributed by atoms with Gasteiger partial charge in [-0.1, -0.05) is 98.4 Å². The summed E-state index contributed by atoms with van der Waals surface area (Å²) in [6.07, 6.45) is 1.86. The van der Waals surface area contributed by atoms with Gasteiger partial charge in [-0.2, -0.15) is 30.3 Å². The fraction of sp³-hybridized carbons (Fsp3) is 0.105. The molecule has 7 aromatic rings. The third kappa shape index (κ3) is 5.07. The summed E-state index contributed by atoms with van der Waals surface area (Å²) >= 11 is 0. The fourth-order valence-corrected chi connectivity index (χ4v) is 6.58. The molecule has 0 fully saturated rings. The smallest absolute Gasteiger partial charge is 0.693 e. The molecule has 3 aromatic heterocycles. The molecule has 4 heterocycles. The average molecular weight is 759 g/mol. The standard InChI is InChI=1S/C38H30B2N4.Pt/c1-38(2,3)26-24-35(42-36(25-26)44-34-22-12-9-18-30(34)31-19-13-23-41-37(31)44)40-33-21-11-8-17-29(33)28-16-7-10-20-32(28)39(43-40)27-14-5-4-6-15-27;/h4-14,16-25H,1-3H3;/q-2;+2. The zero-order valence-corrected chi connectivity index (χ0v) is 27.7.